The molecular formula is C17H16N4O4. The highest BCUT2D eigenvalue weighted by molar-refractivity contribution is 5.93. The van der Waals surface area contributed by atoms with Crippen LogP contribution in [0.4, 0.5) is 17.2 Å². The number of anilines is 2. The van der Waals surface area contributed by atoms with Crippen LogP contribution >= 0.6 is 0 Å². The number of rotatable bonds is 5. The number of nitro groups is 1. The number of nitrogens with zero attached hydrogens (tertiary/aromatic N) is 4. The van der Waals surface area contributed by atoms with Gasteiger partial charge in [-0.05, 0) is 18.2 Å². The van der Waals surface area contributed by atoms with E-state index in [9.17, 15) is 10.1 Å². The Morgan fingerprint density at radius 1 is 1.04 bits per heavy atom. The van der Waals surface area contributed by atoms with Crippen LogP contribution in [0.2, 0.25) is 0 Å². The molecule has 3 aromatic rings. The van der Waals surface area contributed by atoms with Crippen molar-refractivity contribution in [1.82, 2.24) is 9.97 Å². The lowest BCUT2D eigenvalue weighted by Crippen LogP contribution is -2.12. The van der Waals surface area contributed by atoms with Gasteiger partial charge in [0.15, 0.2) is 11.5 Å². The molecule has 0 aliphatic carbocycles. The van der Waals surface area contributed by atoms with Crippen molar-refractivity contribution >= 4 is 28.1 Å². The van der Waals surface area contributed by atoms with Gasteiger partial charge in [-0.15, -0.1) is 0 Å². The Morgan fingerprint density at radius 3 is 2.28 bits per heavy atom. The smallest absolute Gasteiger partial charge is 0.269 e. The number of aromatic nitrogens is 2. The molecule has 0 radical (unpaired) electrons. The summed E-state index contributed by atoms with van der Waals surface area (Å²) in [6.45, 7) is 0. The average molecular weight is 340 g/mol. The van der Waals surface area contributed by atoms with Crippen LogP contribution in [0.25, 0.3) is 10.9 Å². The molecule has 0 bridgehead atoms. The number of benzene rings is 2. The van der Waals surface area contributed by atoms with Gasteiger partial charge in [0, 0.05) is 36.3 Å². The van der Waals surface area contributed by atoms with Gasteiger partial charge in [-0.1, -0.05) is 0 Å². The molecule has 0 N–H and O–H groups in total. The molecule has 0 atom stereocenters. The highest BCUT2D eigenvalue weighted by Crippen LogP contribution is 2.36. The molecule has 1 aromatic heterocycles. The summed E-state index contributed by atoms with van der Waals surface area (Å²) in [5.41, 5.74) is 1.51. The molecule has 1 heterocycles. The zero-order chi connectivity index (χ0) is 18.0. The summed E-state index contributed by atoms with van der Waals surface area (Å²) in [5, 5.41) is 11.6. The Balaban J connectivity index is 2.09. The van der Waals surface area contributed by atoms with Crippen LogP contribution in [0.5, 0.6) is 11.5 Å². The van der Waals surface area contributed by atoms with Crippen molar-refractivity contribution in [3.63, 3.8) is 0 Å². The first-order valence-electron chi connectivity index (χ1n) is 7.40. The fraction of sp³-hybridized carbons (Fsp3) is 0.176. The Labute approximate surface area is 143 Å². The van der Waals surface area contributed by atoms with E-state index >= 15 is 0 Å². The van der Waals surface area contributed by atoms with Crippen molar-refractivity contribution in [3.8, 4) is 11.5 Å². The molecule has 0 fully saturated rings. The first kappa shape index (κ1) is 16.4. The third-order valence-electron chi connectivity index (χ3n) is 3.89. The molecule has 8 nitrogen and oxygen atoms in total. The minimum absolute atomic E-state index is 0.0381. The zero-order valence-corrected chi connectivity index (χ0v) is 14.0. The van der Waals surface area contributed by atoms with E-state index in [-0.39, 0.29) is 5.69 Å². The van der Waals surface area contributed by atoms with Crippen LogP contribution in [0.15, 0.2) is 42.7 Å². The Morgan fingerprint density at radius 2 is 1.68 bits per heavy atom. The summed E-state index contributed by atoms with van der Waals surface area (Å²) in [6, 6.07) is 9.85. The number of hydrogen-bond acceptors (Lipinski definition) is 7. The third-order valence-corrected chi connectivity index (χ3v) is 3.89. The van der Waals surface area contributed by atoms with Crippen LogP contribution in [-0.2, 0) is 0 Å². The van der Waals surface area contributed by atoms with E-state index in [1.807, 2.05) is 18.0 Å². The van der Waals surface area contributed by atoms with Crippen LogP contribution < -0.4 is 14.4 Å². The fourth-order valence-corrected chi connectivity index (χ4v) is 2.56. The topological polar surface area (TPSA) is 90.6 Å². The number of methoxy groups -OCH3 is 2. The maximum Gasteiger partial charge on any atom is 0.269 e. The Kier molecular flexibility index (Phi) is 4.34. The van der Waals surface area contributed by atoms with Gasteiger partial charge in [-0.3, -0.25) is 10.1 Å². The van der Waals surface area contributed by atoms with Gasteiger partial charge in [0.25, 0.3) is 5.69 Å². The van der Waals surface area contributed by atoms with Crippen molar-refractivity contribution in [3.05, 3.63) is 52.8 Å². The monoisotopic (exact) mass is 340 g/mol. The highest BCUT2D eigenvalue weighted by atomic mass is 16.6. The minimum Gasteiger partial charge on any atom is -0.493 e. The van der Waals surface area contributed by atoms with Gasteiger partial charge in [-0.25, -0.2) is 9.97 Å². The van der Waals surface area contributed by atoms with Gasteiger partial charge in [0.05, 0.1) is 24.7 Å². The lowest BCUT2D eigenvalue weighted by atomic mass is 10.2. The number of nitro benzene ring substituents is 1. The van der Waals surface area contributed by atoms with E-state index in [2.05, 4.69) is 9.97 Å². The van der Waals surface area contributed by atoms with E-state index in [1.54, 1.807) is 32.4 Å². The van der Waals surface area contributed by atoms with Crippen molar-refractivity contribution in [1.29, 1.82) is 0 Å². The fourth-order valence-electron chi connectivity index (χ4n) is 2.56. The first-order chi connectivity index (χ1) is 12.0. The molecule has 0 aliphatic heterocycles. The summed E-state index contributed by atoms with van der Waals surface area (Å²) in [4.78, 5) is 20.8. The molecule has 0 saturated carbocycles. The summed E-state index contributed by atoms with van der Waals surface area (Å²) < 4.78 is 10.7. The summed E-state index contributed by atoms with van der Waals surface area (Å²) in [6.07, 6.45) is 1.46. The molecule has 128 valence electrons. The second-order valence-corrected chi connectivity index (χ2v) is 5.25. The highest BCUT2D eigenvalue weighted by Gasteiger charge is 2.15. The van der Waals surface area contributed by atoms with Crippen molar-refractivity contribution in [2.24, 2.45) is 0 Å². The van der Waals surface area contributed by atoms with Crippen molar-refractivity contribution in [2.75, 3.05) is 26.2 Å². The van der Waals surface area contributed by atoms with Gasteiger partial charge in [0.1, 0.15) is 12.1 Å². The summed E-state index contributed by atoms with van der Waals surface area (Å²) in [5.74, 6) is 1.81. The van der Waals surface area contributed by atoms with E-state index in [4.69, 9.17) is 9.47 Å². The summed E-state index contributed by atoms with van der Waals surface area (Å²) in [7, 11) is 4.96. The van der Waals surface area contributed by atoms with Crippen LogP contribution in [0.1, 0.15) is 0 Å². The molecule has 0 unspecified atom stereocenters. The van der Waals surface area contributed by atoms with E-state index < -0.39 is 4.92 Å². The molecule has 0 saturated heterocycles. The first-order valence-corrected chi connectivity index (χ1v) is 7.40. The van der Waals surface area contributed by atoms with E-state index in [0.717, 1.165) is 11.1 Å². The molecular weight excluding hydrogens is 324 g/mol. The molecule has 0 amide bonds. The lowest BCUT2D eigenvalue weighted by Gasteiger charge is -2.20. The molecule has 2 aromatic carbocycles. The van der Waals surface area contributed by atoms with Crippen LogP contribution in [0.3, 0.4) is 0 Å². The standard InChI is InChI=1S/C17H16N4O4/c1-20(11-4-6-12(7-5-11)21(22)23)17-13-8-15(24-2)16(25-3)9-14(13)18-10-19-17/h4-10H,1-3H3. The Bertz CT molecular complexity index is 928. The van der Waals surface area contributed by atoms with Crippen LogP contribution in [0, 0.1) is 10.1 Å². The molecule has 0 spiro atoms. The predicted octanol–water partition coefficient (Wildman–Crippen LogP) is 3.32. The average Bonchev–Trinajstić information content (AvgIpc) is 2.65. The number of fused-ring (bicyclic) bond motifs is 1. The molecule has 0 aliphatic rings. The normalized spacial score (nSPS) is 10.5. The van der Waals surface area contributed by atoms with Crippen molar-refractivity contribution in [2.45, 2.75) is 0 Å². The predicted molar refractivity (Wildman–Crippen MR) is 93.8 cm³/mol. The number of ether oxygens (including phenoxy) is 2. The molecule has 25 heavy (non-hydrogen) atoms. The van der Waals surface area contributed by atoms with Gasteiger partial charge in [-0.2, -0.15) is 0 Å². The van der Waals surface area contributed by atoms with Gasteiger partial charge < -0.3 is 14.4 Å². The maximum absolute atomic E-state index is 10.8. The quantitative estimate of drug-likeness (QED) is 0.520. The molecule has 3 rings (SSSR count). The minimum atomic E-state index is -0.430. The number of hydrogen-bond donors (Lipinski definition) is 0. The maximum atomic E-state index is 10.8. The Hall–Kier alpha value is -3.42. The molecule has 8 heteroatoms. The van der Waals surface area contributed by atoms with E-state index in [1.165, 1.54) is 18.5 Å². The second kappa shape index (κ2) is 6.60. The van der Waals surface area contributed by atoms with E-state index in [0.29, 0.717) is 22.8 Å². The number of non-ortho nitro benzene ring substituents is 1. The van der Waals surface area contributed by atoms with Gasteiger partial charge in [0.2, 0.25) is 0 Å². The lowest BCUT2D eigenvalue weighted by molar-refractivity contribution is -0.384. The van der Waals surface area contributed by atoms with Crippen molar-refractivity contribution < 1.29 is 14.4 Å². The third kappa shape index (κ3) is 3.01. The largest absolute Gasteiger partial charge is 0.493 e. The summed E-state index contributed by atoms with van der Waals surface area (Å²) >= 11 is 0. The second-order valence-electron chi connectivity index (χ2n) is 5.25. The SMILES string of the molecule is COc1cc2ncnc(N(C)c3ccc([N+](=O)[O-])cc3)c2cc1OC. The van der Waals surface area contributed by atoms with Gasteiger partial charge >= 0.3 is 0 Å². The van der Waals surface area contributed by atoms with Crippen LogP contribution in [-0.4, -0.2) is 36.2 Å². The zero-order valence-electron chi connectivity index (χ0n) is 14.0.